The standard InChI is InChI=1S/C13H21F3N2O2/c1-4-11(19)12-9(2)17-18(10(12)3)6-5-7-20-8-13(14,15)16/h11,19H,4-8H2,1-3H3. The molecule has 0 amide bonds. The lowest BCUT2D eigenvalue weighted by molar-refractivity contribution is -0.174. The predicted molar refractivity (Wildman–Crippen MR) is 68.4 cm³/mol. The van der Waals surface area contributed by atoms with Crippen molar-refractivity contribution in [2.45, 2.75) is 52.4 Å². The first-order valence-electron chi connectivity index (χ1n) is 6.62. The number of aromatic nitrogens is 2. The summed E-state index contributed by atoms with van der Waals surface area (Å²) < 4.78 is 41.9. The van der Waals surface area contributed by atoms with E-state index in [4.69, 9.17) is 0 Å². The second-order valence-electron chi connectivity index (χ2n) is 4.75. The van der Waals surface area contributed by atoms with Gasteiger partial charge in [-0.2, -0.15) is 18.3 Å². The molecule has 4 nitrogen and oxygen atoms in total. The van der Waals surface area contributed by atoms with Gasteiger partial charge >= 0.3 is 6.18 Å². The SMILES string of the molecule is CCC(O)c1c(C)nn(CCCOCC(F)(F)F)c1C. The molecule has 1 heterocycles. The summed E-state index contributed by atoms with van der Waals surface area (Å²) in [5.41, 5.74) is 2.42. The number of alkyl halides is 3. The van der Waals surface area contributed by atoms with Gasteiger partial charge in [0.1, 0.15) is 6.61 Å². The van der Waals surface area contributed by atoms with Crippen LogP contribution in [0.1, 0.15) is 42.8 Å². The van der Waals surface area contributed by atoms with E-state index in [2.05, 4.69) is 9.84 Å². The van der Waals surface area contributed by atoms with Crippen molar-refractivity contribution in [1.29, 1.82) is 0 Å². The molecule has 116 valence electrons. The number of aliphatic hydroxyl groups is 1. The van der Waals surface area contributed by atoms with Gasteiger partial charge in [-0.15, -0.1) is 0 Å². The monoisotopic (exact) mass is 294 g/mol. The molecule has 0 bridgehead atoms. The average Bonchev–Trinajstić information content (AvgIpc) is 2.62. The number of nitrogens with zero attached hydrogens (tertiary/aromatic N) is 2. The second kappa shape index (κ2) is 7.08. The molecule has 0 saturated heterocycles. The Hall–Kier alpha value is -1.08. The molecule has 0 fully saturated rings. The van der Waals surface area contributed by atoms with Crippen molar-refractivity contribution < 1.29 is 23.0 Å². The molecule has 1 unspecified atom stereocenters. The molecule has 0 aliphatic rings. The molecule has 0 saturated carbocycles. The van der Waals surface area contributed by atoms with Gasteiger partial charge in [0.15, 0.2) is 0 Å². The van der Waals surface area contributed by atoms with Crippen LogP contribution < -0.4 is 0 Å². The van der Waals surface area contributed by atoms with E-state index < -0.39 is 18.9 Å². The minimum Gasteiger partial charge on any atom is -0.388 e. The fourth-order valence-electron chi connectivity index (χ4n) is 2.12. The van der Waals surface area contributed by atoms with E-state index in [1.807, 2.05) is 20.8 Å². The molecule has 1 aromatic rings. The maximum atomic E-state index is 11.9. The van der Waals surface area contributed by atoms with Gasteiger partial charge in [0, 0.05) is 24.4 Å². The fourth-order valence-corrected chi connectivity index (χ4v) is 2.12. The summed E-state index contributed by atoms with van der Waals surface area (Å²) in [6.07, 6.45) is -3.79. The Labute approximate surface area is 116 Å². The van der Waals surface area contributed by atoms with Crippen molar-refractivity contribution in [2.24, 2.45) is 0 Å². The highest BCUT2D eigenvalue weighted by Crippen LogP contribution is 2.24. The van der Waals surface area contributed by atoms with Gasteiger partial charge < -0.3 is 9.84 Å². The molecule has 0 spiro atoms. The number of ether oxygens (including phenoxy) is 1. The lowest BCUT2D eigenvalue weighted by Crippen LogP contribution is -2.18. The third kappa shape index (κ3) is 4.79. The van der Waals surface area contributed by atoms with Crippen LogP contribution in [0.5, 0.6) is 0 Å². The molecule has 1 aromatic heterocycles. The van der Waals surface area contributed by atoms with Gasteiger partial charge in [-0.25, -0.2) is 0 Å². The van der Waals surface area contributed by atoms with Crippen LogP contribution in [0.3, 0.4) is 0 Å². The predicted octanol–water partition coefficient (Wildman–Crippen LogP) is 2.91. The summed E-state index contributed by atoms with van der Waals surface area (Å²) in [5, 5.41) is 14.2. The first-order chi connectivity index (χ1) is 9.26. The van der Waals surface area contributed by atoms with E-state index in [9.17, 15) is 18.3 Å². The van der Waals surface area contributed by atoms with Crippen molar-refractivity contribution in [1.82, 2.24) is 9.78 Å². The Morgan fingerprint density at radius 3 is 2.55 bits per heavy atom. The van der Waals surface area contributed by atoms with E-state index in [0.717, 1.165) is 17.0 Å². The number of halogens is 3. The number of aryl methyl sites for hydroxylation is 2. The van der Waals surface area contributed by atoms with Crippen molar-refractivity contribution in [2.75, 3.05) is 13.2 Å². The highest BCUT2D eigenvalue weighted by molar-refractivity contribution is 5.26. The molecule has 7 heteroatoms. The maximum Gasteiger partial charge on any atom is 0.411 e. The molecule has 1 N–H and O–H groups in total. The van der Waals surface area contributed by atoms with Gasteiger partial charge in [0.2, 0.25) is 0 Å². The summed E-state index contributed by atoms with van der Waals surface area (Å²) >= 11 is 0. The summed E-state index contributed by atoms with van der Waals surface area (Å²) in [6.45, 7) is 4.84. The largest absolute Gasteiger partial charge is 0.411 e. The molecule has 0 aromatic carbocycles. The number of aliphatic hydroxyl groups excluding tert-OH is 1. The maximum absolute atomic E-state index is 11.9. The number of hydrogen-bond acceptors (Lipinski definition) is 3. The lowest BCUT2D eigenvalue weighted by Gasteiger charge is -2.10. The van der Waals surface area contributed by atoms with Crippen LogP contribution in [0.2, 0.25) is 0 Å². The molecule has 1 rings (SSSR count). The van der Waals surface area contributed by atoms with Crippen molar-refractivity contribution >= 4 is 0 Å². The summed E-state index contributed by atoms with van der Waals surface area (Å²) in [5.74, 6) is 0. The topological polar surface area (TPSA) is 47.3 Å². The first-order valence-corrected chi connectivity index (χ1v) is 6.62. The molecule has 20 heavy (non-hydrogen) atoms. The van der Waals surface area contributed by atoms with Crippen molar-refractivity contribution in [3.63, 3.8) is 0 Å². The van der Waals surface area contributed by atoms with Crippen molar-refractivity contribution in [3.8, 4) is 0 Å². The zero-order valence-electron chi connectivity index (χ0n) is 12.0. The smallest absolute Gasteiger partial charge is 0.388 e. The minimum absolute atomic E-state index is 0.0313. The van der Waals surface area contributed by atoms with E-state index >= 15 is 0 Å². The van der Waals surface area contributed by atoms with E-state index in [0.29, 0.717) is 19.4 Å². The van der Waals surface area contributed by atoms with Gasteiger partial charge in [-0.05, 0) is 26.7 Å². The quantitative estimate of drug-likeness (QED) is 0.787. The Kier molecular flexibility index (Phi) is 6.01. The summed E-state index contributed by atoms with van der Waals surface area (Å²) in [4.78, 5) is 0. The molecular formula is C13H21F3N2O2. The third-order valence-electron chi connectivity index (χ3n) is 3.08. The van der Waals surface area contributed by atoms with Crippen LogP contribution in [0.4, 0.5) is 13.2 Å². The Morgan fingerprint density at radius 2 is 2.00 bits per heavy atom. The van der Waals surface area contributed by atoms with E-state index in [-0.39, 0.29) is 6.61 Å². The van der Waals surface area contributed by atoms with E-state index in [1.54, 1.807) is 4.68 Å². The zero-order valence-corrected chi connectivity index (χ0v) is 12.0. The Balaban J connectivity index is 2.49. The number of hydrogen-bond donors (Lipinski definition) is 1. The molecular weight excluding hydrogens is 273 g/mol. The fraction of sp³-hybridized carbons (Fsp3) is 0.769. The van der Waals surface area contributed by atoms with Crippen LogP contribution in [-0.4, -0.2) is 34.3 Å². The zero-order chi connectivity index (χ0) is 15.3. The van der Waals surface area contributed by atoms with Crippen LogP contribution >= 0.6 is 0 Å². The van der Waals surface area contributed by atoms with Crippen LogP contribution in [-0.2, 0) is 11.3 Å². The average molecular weight is 294 g/mol. The van der Waals surface area contributed by atoms with Gasteiger partial charge in [0.25, 0.3) is 0 Å². The highest BCUT2D eigenvalue weighted by Gasteiger charge is 2.27. The normalized spacial score (nSPS) is 13.8. The summed E-state index contributed by atoms with van der Waals surface area (Å²) in [7, 11) is 0. The third-order valence-corrected chi connectivity index (χ3v) is 3.08. The molecule has 1 atom stereocenters. The minimum atomic E-state index is -4.28. The lowest BCUT2D eigenvalue weighted by atomic mass is 10.1. The Morgan fingerprint density at radius 1 is 1.35 bits per heavy atom. The molecule has 0 aliphatic heterocycles. The van der Waals surface area contributed by atoms with Crippen molar-refractivity contribution in [3.05, 3.63) is 17.0 Å². The number of rotatable bonds is 7. The van der Waals surface area contributed by atoms with Gasteiger partial charge in [-0.1, -0.05) is 6.92 Å². The van der Waals surface area contributed by atoms with Crippen LogP contribution in [0.25, 0.3) is 0 Å². The van der Waals surface area contributed by atoms with Gasteiger partial charge in [0.05, 0.1) is 11.8 Å². The Bertz CT molecular complexity index is 430. The van der Waals surface area contributed by atoms with Gasteiger partial charge in [-0.3, -0.25) is 4.68 Å². The van der Waals surface area contributed by atoms with E-state index in [1.165, 1.54) is 0 Å². The molecule has 0 aliphatic carbocycles. The van der Waals surface area contributed by atoms with Crippen LogP contribution in [0.15, 0.2) is 0 Å². The second-order valence-corrected chi connectivity index (χ2v) is 4.75. The highest BCUT2D eigenvalue weighted by atomic mass is 19.4. The molecule has 0 radical (unpaired) electrons. The van der Waals surface area contributed by atoms with Crippen LogP contribution in [0, 0.1) is 13.8 Å². The summed E-state index contributed by atoms with van der Waals surface area (Å²) in [6, 6.07) is 0. The first kappa shape index (κ1) is 17.0.